The van der Waals surface area contributed by atoms with Crippen molar-refractivity contribution in [2.75, 3.05) is 19.1 Å². The zero-order chi connectivity index (χ0) is 21.6. The molecule has 2 rings (SSSR count). The lowest BCUT2D eigenvalue weighted by molar-refractivity contribution is 0.104. The predicted molar refractivity (Wildman–Crippen MR) is 119 cm³/mol. The van der Waals surface area contributed by atoms with E-state index in [0.717, 1.165) is 11.1 Å². The third kappa shape index (κ3) is 6.40. The number of aliphatic hydroxyl groups is 2. The molecule has 0 spiro atoms. The van der Waals surface area contributed by atoms with Crippen molar-refractivity contribution in [3.8, 4) is 11.5 Å². The SMILES string of the molecule is CCC(O)COc1ccc(C(C)(C)c2cc(Cl)c(OCC(O)CCl)c(Cl)c2)cc1. The fourth-order valence-corrected chi connectivity index (χ4v) is 3.41. The van der Waals surface area contributed by atoms with E-state index in [0.29, 0.717) is 28.0 Å². The van der Waals surface area contributed by atoms with Crippen LogP contribution in [0.4, 0.5) is 0 Å². The second-order valence-corrected chi connectivity index (χ2v) is 8.53. The molecule has 2 aromatic rings. The van der Waals surface area contributed by atoms with E-state index < -0.39 is 12.2 Å². The lowest BCUT2D eigenvalue weighted by atomic mass is 9.78. The zero-order valence-electron chi connectivity index (χ0n) is 16.8. The topological polar surface area (TPSA) is 58.9 Å². The highest BCUT2D eigenvalue weighted by Crippen LogP contribution is 2.40. The molecule has 29 heavy (non-hydrogen) atoms. The largest absolute Gasteiger partial charge is 0.491 e. The minimum Gasteiger partial charge on any atom is -0.491 e. The molecule has 0 radical (unpaired) electrons. The van der Waals surface area contributed by atoms with Crippen molar-refractivity contribution in [1.82, 2.24) is 0 Å². The van der Waals surface area contributed by atoms with Gasteiger partial charge in [-0.3, -0.25) is 0 Å². The Morgan fingerprint density at radius 2 is 1.45 bits per heavy atom. The van der Waals surface area contributed by atoms with Crippen molar-refractivity contribution < 1.29 is 19.7 Å². The van der Waals surface area contributed by atoms with Crippen LogP contribution < -0.4 is 9.47 Å². The van der Waals surface area contributed by atoms with E-state index in [4.69, 9.17) is 44.3 Å². The molecule has 160 valence electrons. The highest BCUT2D eigenvalue weighted by atomic mass is 35.5. The molecule has 0 saturated heterocycles. The normalized spacial score (nSPS) is 13.8. The van der Waals surface area contributed by atoms with Crippen LogP contribution in [0, 0.1) is 0 Å². The molecule has 2 atom stereocenters. The first-order valence-corrected chi connectivity index (χ1v) is 10.8. The zero-order valence-corrected chi connectivity index (χ0v) is 19.1. The van der Waals surface area contributed by atoms with Crippen molar-refractivity contribution in [3.63, 3.8) is 0 Å². The molecule has 0 aliphatic rings. The Hall–Kier alpha value is -1.17. The summed E-state index contributed by atoms with van der Waals surface area (Å²) in [7, 11) is 0. The van der Waals surface area contributed by atoms with Gasteiger partial charge in [-0.05, 0) is 41.8 Å². The molecule has 0 fully saturated rings. The fraction of sp³-hybridized carbons (Fsp3) is 0.455. The summed E-state index contributed by atoms with van der Waals surface area (Å²) in [6.45, 7) is 6.34. The monoisotopic (exact) mass is 460 g/mol. The minimum atomic E-state index is -0.793. The van der Waals surface area contributed by atoms with E-state index in [9.17, 15) is 10.2 Å². The standard InChI is InChI=1S/C22H27Cl3O4/c1-4-16(26)12-28-18-7-5-14(6-8-18)22(2,3)15-9-19(24)21(20(25)10-15)29-13-17(27)11-23/h5-10,16-17,26-27H,4,11-13H2,1-3H3. The summed E-state index contributed by atoms with van der Waals surface area (Å²) in [4.78, 5) is 0. The number of aliphatic hydroxyl groups excluding tert-OH is 2. The molecule has 4 nitrogen and oxygen atoms in total. The summed E-state index contributed by atoms with van der Waals surface area (Å²) < 4.78 is 11.1. The number of halogens is 3. The van der Waals surface area contributed by atoms with Gasteiger partial charge in [0.05, 0.1) is 22.0 Å². The van der Waals surface area contributed by atoms with Gasteiger partial charge >= 0.3 is 0 Å². The van der Waals surface area contributed by atoms with E-state index in [2.05, 4.69) is 13.8 Å². The second-order valence-electron chi connectivity index (χ2n) is 7.41. The summed E-state index contributed by atoms with van der Waals surface area (Å²) >= 11 is 18.4. The average molecular weight is 462 g/mol. The third-order valence-electron chi connectivity index (χ3n) is 4.81. The molecule has 2 unspecified atom stereocenters. The van der Waals surface area contributed by atoms with Gasteiger partial charge in [0.25, 0.3) is 0 Å². The molecule has 0 aliphatic carbocycles. The number of ether oxygens (including phenoxy) is 2. The van der Waals surface area contributed by atoms with Crippen LogP contribution in [0.5, 0.6) is 11.5 Å². The molecule has 0 aliphatic heterocycles. The Morgan fingerprint density at radius 3 is 1.97 bits per heavy atom. The van der Waals surface area contributed by atoms with Gasteiger partial charge < -0.3 is 19.7 Å². The van der Waals surface area contributed by atoms with Crippen molar-refractivity contribution in [1.29, 1.82) is 0 Å². The van der Waals surface area contributed by atoms with Crippen LogP contribution in [0.3, 0.4) is 0 Å². The highest BCUT2D eigenvalue weighted by Gasteiger charge is 2.26. The molecule has 0 bridgehead atoms. The van der Waals surface area contributed by atoms with Gasteiger partial charge in [0.1, 0.15) is 25.1 Å². The Labute approximate surface area is 187 Å². The van der Waals surface area contributed by atoms with Crippen molar-refractivity contribution in [3.05, 3.63) is 57.6 Å². The molecule has 2 N–H and O–H groups in total. The summed E-state index contributed by atoms with van der Waals surface area (Å²) in [5.74, 6) is 1.10. The summed E-state index contributed by atoms with van der Waals surface area (Å²) in [6.07, 6.45) is -0.613. The van der Waals surface area contributed by atoms with E-state index in [1.165, 1.54) is 0 Å². The van der Waals surface area contributed by atoms with Gasteiger partial charge in [-0.25, -0.2) is 0 Å². The summed E-state index contributed by atoms with van der Waals surface area (Å²) in [6, 6.07) is 11.4. The molecular weight excluding hydrogens is 435 g/mol. The van der Waals surface area contributed by atoms with E-state index in [-0.39, 0.29) is 24.5 Å². The van der Waals surface area contributed by atoms with Gasteiger partial charge in [-0.15, -0.1) is 11.6 Å². The predicted octanol–water partition coefficient (Wildman–Crippen LogP) is 5.45. The molecule has 0 heterocycles. The van der Waals surface area contributed by atoms with Gasteiger partial charge in [-0.2, -0.15) is 0 Å². The molecule has 7 heteroatoms. The molecule has 0 amide bonds. The fourth-order valence-electron chi connectivity index (χ4n) is 2.73. The number of hydrogen-bond donors (Lipinski definition) is 2. The molecule has 0 saturated carbocycles. The number of hydrogen-bond acceptors (Lipinski definition) is 4. The molecule has 2 aromatic carbocycles. The first-order valence-electron chi connectivity index (χ1n) is 9.46. The lowest BCUT2D eigenvalue weighted by Crippen LogP contribution is -2.21. The van der Waals surface area contributed by atoms with E-state index in [1.54, 1.807) is 0 Å². The maximum absolute atomic E-state index is 9.63. The summed E-state index contributed by atoms with van der Waals surface area (Å²) in [5.41, 5.74) is 1.61. The van der Waals surface area contributed by atoms with Crippen molar-refractivity contribution >= 4 is 34.8 Å². The number of rotatable bonds is 10. The third-order valence-corrected chi connectivity index (χ3v) is 5.73. The van der Waals surface area contributed by atoms with Crippen LogP contribution in [-0.2, 0) is 5.41 Å². The van der Waals surface area contributed by atoms with Crippen LogP contribution in [0.1, 0.15) is 38.3 Å². The quantitative estimate of drug-likeness (QED) is 0.462. The Morgan fingerprint density at radius 1 is 0.897 bits per heavy atom. The van der Waals surface area contributed by atoms with Gasteiger partial charge in [0, 0.05) is 5.41 Å². The Kier molecular flexibility index (Phi) is 8.92. The second kappa shape index (κ2) is 10.7. The minimum absolute atomic E-state index is 0.0138. The van der Waals surface area contributed by atoms with Crippen LogP contribution in [0.25, 0.3) is 0 Å². The van der Waals surface area contributed by atoms with E-state index >= 15 is 0 Å². The van der Waals surface area contributed by atoms with Gasteiger partial charge in [0.2, 0.25) is 0 Å². The molecular formula is C22H27Cl3O4. The summed E-state index contributed by atoms with van der Waals surface area (Å²) in [5, 5.41) is 19.9. The maximum Gasteiger partial charge on any atom is 0.156 e. The molecule has 0 aromatic heterocycles. The van der Waals surface area contributed by atoms with Gasteiger partial charge in [-0.1, -0.05) is 56.1 Å². The van der Waals surface area contributed by atoms with Crippen molar-refractivity contribution in [2.45, 2.75) is 44.8 Å². The Bertz CT molecular complexity index is 770. The van der Waals surface area contributed by atoms with Crippen LogP contribution >= 0.6 is 34.8 Å². The maximum atomic E-state index is 9.63. The number of benzene rings is 2. The van der Waals surface area contributed by atoms with E-state index in [1.807, 2.05) is 43.3 Å². The van der Waals surface area contributed by atoms with Gasteiger partial charge in [0.15, 0.2) is 5.75 Å². The van der Waals surface area contributed by atoms with Crippen LogP contribution in [0.2, 0.25) is 10.0 Å². The number of alkyl halides is 1. The van der Waals surface area contributed by atoms with Crippen molar-refractivity contribution in [2.24, 2.45) is 0 Å². The smallest absolute Gasteiger partial charge is 0.156 e. The van der Waals surface area contributed by atoms with Crippen LogP contribution in [0.15, 0.2) is 36.4 Å². The Balaban J connectivity index is 2.19. The highest BCUT2D eigenvalue weighted by molar-refractivity contribution is 6.37. The lowest BCUT2D eigenvalue weighted by Gasteiger charge is -2.27. The van der Waals surface area contributed by atoms with Crippen LogP contribution in [-0.4, -0.2) is 41.5 Å². The average Bonchev–Trinajstić information content (AvgIpc) is 2.71. The first kappa shape index (κ1) is 24.1. The first-order chi connectivity index (χ1) is 13.7.